The second kappa shape index (κ2) is 5.45. The van der Waals surface area contributed by atoms with Crippen molar-refractivity contribution in [2.45, 2.75) is 13.5 Å². The van der Waals surface area contributed by atoms with Gasteiger partial charge in [0.25, 0.3) is 0 Å². The second-order valence-corrected chi connectivity index (χ2v) is 4.94. The molecule has 1 heterocycles. The molecule has 0 aliphatic carbocycles. The molecule has 0 N–H and O–H groups in total. The topological polar surface area (TPSA) is 38.1 Å². The molecule has 100 valence electrons. The van der Waals surface area contributed by atoms with Gasteiger partial charge in [-0.3, -0.25) is 4.79 Å². The zero-order valence-corrected chi connectivity index (χ0v) is 12.0. The highest BCUT2D eigenvalue weighted by atomic mass is 35.5. The van der Waals surface area contributed by atoms with Crippen LogP contribution >= 0.6 is 11.6 Å². The Balaban J connectivity index is 2.22. The van der Waals surface area contributed by atoms with Crippen molar-refractivity contribution in [2.75, 3.05) is 11.9 Å². The minimum atomic E-state index is 0.0141. The normalized spacial score (nSPS) is 10.5. The summed E-state index contributed by atoms with van der Waals surface area (Å²) in [5, 5.41) is 0.574. The highest BCUT2D eigenvalue weighted by molar-refractivity contribution is 6.33. The number of hydrogen-bond acceptors (Lipinski definition) is 3. The summed E-state index contributed by atoms with van der Waals surface area (Å²) in [5.41, 5.74) is 1.51. The molecule has 4 nitrogen and oxygen atoms in total. The van der Waals surface area contributed by atoms with Gasteiger partial charge in [0, 0.05) is 32.1 Å². The standard InChI is InChI=1S/C14H16ClN3O/c1-10(19)11-4-5-13(12(15)8-11)18(3)9-14-16-6-7-17(14)2/h4-8H,9H2,1-3H3. The third-order valence-electron chi connectivity index (χ3n) is 3.07. The van der Waals surface area contributed by atoms with E-state index in [2.05, 4.69) is 4.98 Å². The van der Waals surface area contributed by atoms with Crippen LogP contribution in [0.3, 0.4) is 0 Å². The number of anilines is 1. The van der Waals surface area contributed by atoms with Gasteiger partial charge in [0.15, 0.2) is 5.78 Å². The summed E-state index contributed by atoms with van der Waals surface area (Å²) in [6.45, 7) is 2.19. The van der Waals surface area contributed by atoms with Crippen LogP contribution in [0.4, 0.5) is 5.69 Å². The van der Waals surface area contributed by atoms with E-state index in [1.165, 1.54) is 6.92 Å². The van der Waals surface area contributed by atoms with Crippen LogP contribution in [0.1, 0.15) is 23.1 Å². The Morgan fingerprint density at radius 1 is 1.47 bits per heavy atom. The number of halogens is 1. The molecule has 0 saturated carbocycles. The van der Waals surface area contributed by atoms with E-state index in [0.29, 0.717) is 17.1 Å². The van der Waals surface area contributed by atoms with Gasteiger partial charge in [0.05, 0.1) is 17.3 Å². The summed E-state index contributed by atoms with van der Waals surface area (Å²) in [6.07, 6.45) is 3.67. The molecular formula is C14H16ClN3O. The van der Waals surface area contributed by atoms with Crippen LogP contribution in [0.2, 0.25) is 5.02 Å². The van der Waals surface area contributed by atoms with Crippen molar-refractivity contribution in [3.8, 4) is 0 Å². The van der Waals surface area contributed by atoms with E-state index >= 15 is 0 Å². The molecule has 1 aromatic heterocycles. The molecule has 2 aromatic rings. The minimum Gasteiger partial charge on any atom is -0.366 e. The maximum Gasteiger partial charge on any atom is 0.159 e. The first-order valence-electron chi connectivity index (χ1n) is 5.97. The van der Waals surface area contributed by atoms with E-state index in [0.717, 1.165) is 11.5 Å². The smallest absolute Gasteiger partial charge is 0.159 e. The number of ketones is 1. The van der Waals surface area contributed by atoms with Crippen molar-refractivity contribution in [2.24, 2.45) is 7.05 Å². The lowest BCUT2D eigenvalue weighted by atomic mass is 10.1. The molecule has 2 rings (SSSR count). The van der Waals surface area contributed by atoms with Crippen LogP contribution in [0.25, 0.3) is 0 Å². The van der Waals surface area contributed by atoms with Gasteiger partial charge < -0.3 is 9.47 Å². The summed E-state index contributed by atoms with van der Waals surface area (Å²) < 4.78 is 1.97. The molecule has 0 unspecified atom stereocenters. The van der Waals surface area contributed by atoms with E-state index in [-0.39, 0.29) is 5.78 Å². The van der Waals surface area contributed by atoms with Crippen molar-refractivity contribution in [3.63, 3.8) is 0 Å². The summed E-state index contributed by atoms with van der Waals surface area (Å²) in [7, 11) is 3.90. The Kier molecular flexibility index (Phi) is 3.90. The van der Waals surface area contributed by atoms with Gasteiger partial charge in [-0.15, -0.1) is 0 Å². The minimum absolute atomic E-state index is 0.0141. The zero-order valence-electron chi connectivity index (χ0n) is 11.2. The van der Waals surface area contributed by atoms with E-state index < -0.39 is 0 Å². The maximum absolute atomic E-state index is 11.3. The Morgan fingerprint density at radius 2 is 2.21 bits per heavy atom. The molecule has 5 heteroatoms. The molecule has 0 spiro atoms. The Labute approximate surface area is 117 Å². The average molecular weight is 278 g/mol. The number of carbonyl (C=O) groups is 1. The van der Waals surface area contributed by atoms with Gasteiger partial charge in [-0.2, -0.15) is 0 Å². The lowest BCUT2D eigenvalue weighted by Gasteiger charge is -2.20. The fourth-order valence-corrected chi connectivity index (χ4v) is 2.21. The van der Waals surface area contributed by atoms with Crippen LogP contribution in [0.15, 0.2) is 30.6 Å². The Bertz CT molecular complexity index is 606. The highest BCUT2D eigenvalue weighted by Crippen LogP contribution is 2.27. The van der Waals surface area contributed by atoms with Gasteiger partial charge in [0.1, 0.15) is 5.82 Å². The van der Waals surface area contributed by atoms with E-state index in [1.54, 1.807) is 18.3 Å². The first-order chi connectivity index (χ1) is 8.99. The van der Waals surface area contributed by atoms with Crippen molar-refractivity contribution >= 4 is 23.1 Å². The SMILES string of the molecule is CC(=O)c1ccc(N(C)Cc2nccn2C)c(Cl)c1. The Morgan fingerprint density at radius 3 is 2.74 bits per heavy atom. The molecule has 0 atom stereocenters. The molecule has 0 amide bonds. The summed E-state index contributed by atoms with van der Waals surface area (Å²) in [4.78, 5) is 17.6. The quantitative estimate of drug-likeness (QED) is 0.807. The number of rotatable bonds is 4. The number of benzene rings is 1. The van der Waals surface area contributed by atoms with Gasteiger partial charge in [0.2, 0.25) is 0 Å². The van der Waals surface area contributed by atoms with E-state index in [1.807, 2.05) is 35.8 Å². The molecule has 0 bridgehead atoms. The van der Waals surface area contributed by atoms with Crippen LogP contribution in [0.5, 0.6) is 0 Å². The summed E-state index contributed by atoms with van der Waals surface area (Å²) in [5.74, 6) is 0.967. The molecule has 0 fully saturated rings. The Hall–Kier alpha value is -1.81. The zero-order chi connectivity index (χ0) is 14.0. The van der Waals surface area contributed by atoms with Crippen LogP contribution < -0.4 is 4.90 Å². The number of hydrogen-bond donors (Lipinski definition) is 0. The predicted octanol–water partition coefficient (Wildman–Crippen LogP) is 2.91. The van der Waals surface area contributed by atoms with Gasteiger partial charge in [-0.25, -0.2) is 4.98 Å². The van der Waals surface area contributed by atoms with E-state index in [4.69, 9.17) is 11.6 Å². The van der Waals surface area contributed by atoms with Crippen molar-refractivity contribution < 1.29 is 4.79 Å². The molecule has 0 aliphatic rings. The van der Waals surface area contributed by atoms with Gasteiger partial charge in [-0.05, 0) is 25.1 Å². The molecule has 19 heavy (non-hydrogen) atoms. The first kappa shape index (κ1) is 13.6. The van der Waals surface area contributed by atoms with Crippen molar-refractivity contribution in [3.05, 3.63) is 47.0 Å². The molecule has 0 radical (unpaired) electrons. The first-order valence-corrected chi connectivity index (χ1v) is 6.34. The molecule has 0 saturated heterocycles. The fraction of sp³-hybridized carbons (Fsp3) is 0.286. The number of Topliss-reactive ketones (excluding diaryl/α,β-unsaturated/α-hetero) is 1. The number of aryl methyl sites for hydroxylation is 1. The van der Waals surface area contributed by atoms with Crippen LogP contribution in [-0.4, -0.2) is 22.4 Å². The lowest BCUT2D eigenvalue weighted by Crippen LogP contribution is -2.19. The van der Waals surface area contributed by atoms with Gasteiger partial charge >= 0.3 is 0 Å². The molecule has 0 aliphatic heterocycles. The third kappa shape index (κ3) is 2.96. The largest absolute Gasteiger partial charge is 0.366 e. The molecule has 1 aromatic carbocycles. The van der Waals surface area contributed by atoms with Crippen molar-refractivity contribution in [1.29, 1.82) is 0 Å². The average Bonchev–Trinajstić information content (AvgIpc) is 2.74. The summed E-state index contributed by atoms with van der Waals surface area (Å²) >= 11 is 6.23. The monoisotopic (exact) mass is 277 g/mol. The number of aromatic nitrogens is 2. The predicted molar refractivity (Wildman–Crippen MR) is 76.8 cm³/mol. The van der Waals surface area contributed by atoms with Crippen LogP contribution in [-0.2, 0) is 13.6 Å². The fourth-order valence-electron chi connectivity index (χ4n) is 1.88. The van der Waals surface area contributed by atoms with Gasteiger partial charge in [-0.1, -0.05) is 11.6 Å². The van der Waals surface area contributed by atoms with E-state index in [9.17, 15) is 4.79 Å². The number of imidazole rings is 1. The number of carbonyl (C=O) groups excluding carboxylic acids is 1. The van der Waals surface area contributed by atoms with Crippen molar-refractivity contribution in [1.82, 2.24) is 9.55 Å². The highest BCUT2D eigenvalue weighted by Gasteiger charge is 2.11. The number of nitrogens with zero attached hydrogens (tertiary/aromatic N) is 3. The molecular weight excluding hydrogens is 262 g/mol. The maximum atomic E-state index is 11.3. The second-order valence-electron chi connectivity index (χ2n) is 4.53. The summed E-state index contributed by atoms with van der Waals surface area (Å²) in [6, 6.07) is 5.36. The lowest BCUT2D eigenvalue weighted by molar-refractivity contribution is 0.101. The van der Waals surface area contributed by atoms with Crippen LogP contribution in [0, 0.1) is 0 Å². The third-order valence-corrected chi connectivity index (χ3v) is 3.37.